The Kier molecular flexibility index (Phi) is 5.89. The van der Waals surface area contributed by atoms with Gasteiger partial charge in [0.05, 0.1) is 16.6 Å². The average molecular weight is 417 g/mol. The highest BCUT2D eigenvalue weighted by Gasteiger charge is 2.32. The zero-order valence-corrected chi connectivity index (χ0v) is 18.1. The second-order valence-electron chi connectivity index (χ2n) is 8.29. The number of carbonyl (C=O) groups excluding carboxylic acids is 1. The second kappa shape index (κ2) is 8.06. The van der Waals surface area contributed by atoms with Gasteiger partial charge in [-0.05, 0) is 64.3 Å². The third-order valence-corrected chi connectivity index (χ3v) is 6.56. The van der Waals surface area contributed by atoms with Gasteiger partial charge in [0.15, 0.2) is 0 Å². The standard InChI is InChI=1S/C22H28N2O4S/c1-16-11-13-17(14-12-16)29(26,27)24-15-7-9-19(18-8-5-6-10-20(18)24)23-21(25)28-22(2,3)4/h5-6,8,10-14,19H,7,9,15H2,1-4H3,(H,23,25). The van der Waals surface area contributed by atoms with Crippen molar-refractivity contribution in [3.05, 3.63) is 59.7 Å². The third kappa shape index (κ3) is 4.90. The molecule has 0 saturated carbocycles. The first-order chi connectivity index (χ1) is 13.6. The van der Waals surface area contributed by atoms with Gasteiger partial charge < -0.3 is 10.1 Å². The lowest BCUT2D eigenvalue weighted by atomic mass is 10.0. The summed E-state index contributed by atoms with van der Waals surface area (Å²) in [6.45, 7) is 7.70. The SMILES string of the molecule is Cc1ccc(S(=O)(=O)N2CCCC(NC(=O)OC(C)(C)C)c3ccccc32)cc1. The highest BCUT2D eigenvalue weighted by atomic mass is 32.2. The molecular formula is C22H28N2O4S. The Hall–Kier alpha value is -2.54. The summed E-state index contributed by atoms with van der Waals surface area (Å²) < 4.78 is 33.5. The Morgan fingerprint density at radius 3 is 2.41 bits per heavy atom. The average Bonchev–Trinajstić information content (AvgIpc) is 2.81. The van der Waals surface area contributed by atoms with Gasteiger partial charge in [0.1, 0.15) is 5.60 Å². The first-order valence-electron chi connectivity index (χ1n) is 9.76. The van der Waals surface area contributed by atoms with E-state index in [9.17, 15) is 13.2 Å². The lowest BCUT2D eigenvalue weighted by Crippen LogP contribution is -2.35. The maximum Gasteiger partial charge on any atom is 0.408 e. The molecule has 0 fully saturated rings. The van der Waals surface area contributed by atoms with Crippen LogP contribution < -0.4 is 9.62 Å². The van der Waals surface area contributed by atoms with E-state index in [0.29, 0.717) is 25.1 Å². The van der Waals surface area contributed by atoms with Gasteiger partial charge in [-0.1, -0.05) is 35.9 Å². The molecule has 0 radical (unpaired) electrons. The number of alkyl carbamates (subject to hydrolysis) is 1. The van der Waals surface area contributed by atoms with Crippen molar-refractivity contribution < 1.29 is 17.9 Å². The Labute approximate surface area is 172 Å². The van der Waals surface area contributed by atoms with E-state index >= 15 is 0 Å². The van der Waals surface area contributed by atoms with Gasteiger partial charge in [0.25, 0.3) is 10.0 Å². The smallest absolute Gasteiger partial charge is 0.408 e. The van der Waals surface area contributed by atoms with Crippen LogP contribution in [0.1, 0.15) is 50.8 Å². The molecule has 1 N–H and O–H groups in total. The Balaban J connectivity index is 1.95. The van der Waals surface area contributed by atoms with Crippen LogP contribution in [0.15, 0.2) is 53.4 Å². The molecule has 1 atom stereocenters. The maximum absolute atomic E-state index is 13.3. The number of ether oxygens (including phenoxy) is 1. The number of hydrogen-bond donors (Lipinski definition) is 1. The largest absolute Gasteiger partial charge is 0.444 e. The Morgan fingerprint density at radius 2 is 1.76 bits per heavy atom. The lowest BCUT2D eigenvalue weighted by Gasteiger charge is -2.26. The number of hydrogen-bond acceptors (Lipinski definition) is 4. The van der Waals surface area contributed by atoms with Crippen LogP contribution >= 0.6 is 0 Å². The maximum atomic E-state index is 13.3. The number of nitrogens with zero attached hydrogens (tertiary/aromatic N) is 1. The molecule has 1 amide bonds. The number of para-hydroxylation sites is 1. The molecule has 0 aliphatic carbocycles. The molecule has 156 valence electrons. The molecule has 7 heteroatoms. The Bertz CT molecular complexity index is 979. The van der Waals surface area contributed by atoms with Crippen LogP contribution in [0.5, 0.6) is 0 Å². The summed E-state index contributed by atoms with van der Waals surface area (Å²) in [5.41, 5.74) is 1.76. The van der Waals surface area contributed by atoms with Crippen LogP contribution in [0.25, 0.3) is 0 Å². The molecule has 1 aliphatic heterocycles. The number of benzene rings is 2. The molecule has 1 unspecified atom stereocenters. The zero-order chi connectivity index (χ0) is 21.2. The van der Waals surface area contributed by atoms with E-state index in [1.807, 2.05) is 45.9 Å². The van der Waals surface area contributed by atoms with E-state index in [1.54, 1.807) is 30.3 Å². The molecule has 2 aromatic carbocycles. The van der Waals surface area contributed by atoms with Crippen molar-refractivity contribution in [2.75, 3.05) is 10.8 Å². The summed E-state index contributed by atoms with van der Waals surface area (Å²) >= 11 is 0. The van der Waals surface area contributed by atoms with Crippen molar-refractivity contribution in [2.24, 2.45) is 0 Å². The van der Waals surface area contributed by atoms with Crippen LogP contribution in [0.2, 0.25) is 0 Å². The summed E-state index contributed by atoms with van der Waals surface area (Å²) in [7, 11) is -3.71. The molecule has 0 bridgehead atoms. The van der Waals surface area contributed by atoms with Crippen LogP contribution in [0.3, 0.4) is 0 Å². The van der Waals surface area contributed by atoms with Gasteiger partial charge >= 0.3 is 6.09 Å². The summed E-state index contributed by atoms with van der Waals surface area (Å²) in [5.74, 6) is 0. The normalized spacial score (nSPS) is 17.2. The van der Waals surface area contributed by atoms with Gasteiger partial charge in [-0.25, -0.2) is 13.2 Å². The fourth-order valence-corrected chi connectivity index (χ4v) is 4.94. The molecule has 2 aromatic rings. The van der Waals surface area contributed by atoms with E-state index in [1.165, 1.54) is 4.31 Å². The summed E-state index contributed by atoms with van der Waals surface area (Å²) in [4.78, 5) is 12.6. The van der Waals surface area contributed by atoms with Crippen LogP contribution in [-0.4, -0.2) is 26.7 Å². The van der Waals surface area contributed by atoms with E-state index in [4.69, 9.17) is 4.74 Å². The molecule has 0 aromatic heterocycles. The topological polar surface area (TPSA) is 75.7 Å². The van der Waals surface area contributed by atoms with Gasteiger partial charge in [0.2, 0.25) is 0 Å². The van der Waals surface area contributed by atoms with E-state index in [0.717, 1.165) is 11.1 Å². The molecule has 1 heterocycles. The number of carbonyl (C=O) groups is 1. The minimum absolute atomic E-state index is 0.261. The number of nitrogens with one attached hydrogen (secondary N) is 1. The number of rotatable bonds is 3. The fraction of sp³-hybridized carbons (Fsp3) is 0.409. The quantitative estimate of drug-likeness (QED) is 0.796. The number of fused-ring (bicyclic) bond motifs is 1. The highest BCUT2D eigenvalue weighted by Crippen LogP contribution is 2.36. The number of sulfonamides is 1. The monoisotopic (exact) mass is 416 g/mol. The lowest BCUT2D eigenvalue weighted by molar-refractivity contribution is 0.0501. The first-order valence-corrected chi connectivity index (χ1v) is 11.2. The minimum atomic E-state index is -3.71. The molecule has 29 heavy (non-hydrogen) atoms. The predicted molar refractivity (Wildman–Crippen MR) is 113 cm³/mol. The van der Waals surface area contributed by atoms with Crippen molar-refractivity contribution in [2.45, 2.75) is 57.1 Å². The molecule has 1 aliphatic rings. The van der Waals surface area contributed by atoms with Crippen molar-refractivity contribution in [1.82, 2.24) is 5.32 Å². The van der Waals surface area contributed by atoms with Crippen molar-refractivity contribution in [3.63, 3.8) is 0 Å². The predicted octanol–water partition coefficient (Wildman–Crippen LogP) is 4.55. The molecule has 6 nitrogen and oxygen atoms in total. The second-order valence-corrected chi connectivity index (χ2v) is 10.2. The summed E-state index contributed by atoms with van der Waals surface area (Å²) in [6.07, 6.45) is 0.725. The number of anilines is 1. The van der Waals surface area contributed by atoms with Gasteiger partial charge in [-0.3, -0.25) is 4.31 Å². The van der Waals surface area contributed by atoms with Crippen LogP contribution in [-0.2, 0) is 14.8 Å². The highest BCUT2D eigenvalue weighted by molar-refractivity contribution is 7.92. The Morgan fingerprint density at radius 1 is 1.10 bits per heavy atom. The third-order valence-electron chi connectivity index (χ3n) is 4.73. The van der Waals surface area contributed by atoms with Gasteiger partial charge in [-0.15, -0.1) is 0 Å². The minimum Gasteiger partial charge on any atom is -0.444 e. The van der Waals surface area contributed by atoms with E-state index in [-0.39, 0.29) is 10.9 Å². The van der Waals surface area contributed by atoms with Crippen molar-refractivity contribution >= 4 is 21.8 Å². The summed E-state index contributed by atoms with van der Waals surface area (Å²) in [5, 5.41) is 2.91. The number of amides is 1. The summed E-state index contributed by atoms with van der Waals surface area (Å²) in [6, 6.07) is 13.9. The fourth-order valence-electron chi connectivity index (χ4n) is 3.41. The van der Waals surface area contributed by atoms with E-state index in [2.05, 4.69) is 5.32 Å². The van der Waals surface area contributed by atoms with Crippen molar-refractivity contribution in [1.29, 1.82) is 0 Å². The van der Waals surface area contributed by atoms with E-state index < -0.39 is 21.7 Å². The zero-order valence-electron chi connectivity index (χ0n) is 17.3. The van der Waals surface area contributed by atoms with Crippen LogP contribution in [0.4, 0.5) is 10.5 Å². The van der Waals surface area contributed by atoms with Crippen molar-refractivity contribution in [3.8, 4) is 0 Å². The first kappa shape index (κ1) is 21.2. The van der Waals surface area contributed by atoms with Gasteiger partial charge in [-0.2, -0.15) is 0 Å². The molecule has 0 spiro atoms. The molecular weight excluding hydrogens is 388 g/mol. The number of aryl methyl sites for hydroxylation is 1. The van der Waals surface area contributed by atoms with Crippen LogP contribution in [0, 0.1) is 6.92 Å². The van der Waals surface area contributed by atoms with Gasteiger partial charge in [0, 0.05) is 6.54 Å². The molecule has 0 saturated heterocycles. The molecule has 3 rings (SSSR count).